The Balaban J connectivity index is 1.74. The number of nitriles is 1. The number of rotatable bonds is 10. The molecule has 9 nitrogen and oxygen atoms in total. The van der Waals surface area contributed by atoms with Crippen LogP contribution in [0.3, 0.4) is 0 Å². The predicted molar refractivity (Wildman–Crippen MR) is 120 cm³/mol. The Hall–Kier alpha value is -3.16. The SMILES string of the molecule is COc1cccc2[nH]c(C(O)NC(CC(C)(C)F)C(=O)N[C@H](C#N)C[C@@H]3CCNC3=O)cc12. The van der Waals surface area contributed by atoms with Gasteiger partial charge in [0.15, 0.2) is 0 Å². The molecule has 178 valence electrons. The highest BCUT2D eigenvalue weighted by Gasteiger charge is 2.33. The molecule has 1 aromatic heterocycles. The van der Waals surface area contributed by atoms with E-state index >= 15 is 0 Å². The quantitative estimate of drug-likeness (QED) is 0.343. The van der Waals surface area contributed by atoms with Crippen LogP contribution in [-0.2, 0) is 9.59 Å². The summed E-state index contributed by atoms with van der Waals surface area (Å²) >= 11 is 0. The Labute approximate surface area is 191 Å². The first kappa shape index (κ1) is 24.5. The number of amides is 2. The number of hydrogen-bond acceptors (Lipinski definition) is 6. The van der Waals surface area contributed by atoms with Crippen LogP contribution in [0.2, 0.25) is 0 Å². The lowest BCUT2D eigenvalue weighted by molar-refractivity contribution is -0.126. The summed E-state index contributed by atoms with van der Waals surface area (Å²) in [7, 11) is 1.54. The summed E-state index contributed by atoms with van der Waals surface area (Å²) in [5, 5.41) is 29.0. The molecule has 2 heterocycles. The molecule has 1 fully saturated rings. The van der Waals surface area contributed by atoms with Gasteiger partial charge in [0, 0.05) is 29.8 Å². The number of fused-ring (bicyclic) bond motifs is 1. The molecule has 3 rings (SSSR count). The lowest BCUT2D eigenvalue weighted by Crippen LogP contribution is -2.51. The van der Waals surface area contributed by atoms with E-state index in [1.54, 1.807) is 25.3 Å². The molecule has 0 bridgehead atoms. The number of hydrogen-bond donors (Lipinski definition) is 5. The van der Waals surface area contributed by atoms with Crippen molar-refractivity contribution in [3.63, 3.8) is 0 Å². The fourth-order valence-electron chi connectivity index (χ4n) is 4.04. The van der Waals surface area contributed by atoms with Crippen molar-refractivity contribution in [2.45, 2.75) is 57.1 Å². The number of carbonyl (C=O) groups is 2. The van der Waals surface area contributed by atoms with Gasteiger partial charge in [0.05, 0.1) is 24.9 Å². The van der Waals surface area contributed by atoms with Crippen LogP contribution in [0.15, 0.2) is 24.3 Å². The molecular formula is C23H30FN5O4. The first-order chi connectivity index (χ1) is 15.6. The van der Waals surface area contributed by atoms with Gasteiger partial charge in [-0.25, -0.2) is 4.39 Å². The minimum absolute atomic E-state index is 0.145. The third-order valence-corrected chi connectivity index (χ3v) is 5.68. The number of halogens is 1. The van der Waals surface area contributed by atoms with Crippen molar-refractivity contribution in [1.29, 1.82) is 5.26 Å². The summed E-state index contributed by atoms with van der Waals surface area (Å²) < 4.78 is 19.8. The van der Waals surface area contributed by atoms with E-state index < -0.39 is 29.9 Å². The largest absolute Gasteiger partial charge is 0.496 e. The van der Waals surface area contributed by atoms with E-state index in [9.17, 15) is 24.3 Å². The standard InChI is InChI=1S/C23H30FN5O4/c1-23(2,24)11-18(22(32)27-14(12-25)9-13-7-8-26-20(13)30)29-21(31)17-10-15-16(28-17)5-4-6-19(15)33-3/h4-6,10,13-14,18,21,28-29,31H,7-9,11H2,1-3H3,(H,26,30)(H,27,32)/t13-,14-,18?,21?/m0/s1. The number of benzene rings is 1. The Morgan fingerprint density at radius 1 is 1.45 bits per heavy atom. The molecule has 4 atom stereocenters. The van der Waals surface area contributed by atoms with Crippen LogP contribution in [0.5, 0.6) is 5.75 Å². The molecule has 10 heteroatoms. The van der Waals surface area contributed by atoms with Crippen LogP contribution >= 0.6 is 0 Å². The summed E-state index contributed by atoms with van der Waals surface area (Å²) in [5.74, 6) is -0.507. The summed E-state index contributed by atoms with van der Waals surface area (Å²) in [6.07, 6.45) is -0.776. The molecule has 5 N–H and O–H groups in total. The smallest absolute Gasteiger partial charge is 0.238 e. The van der Waals surface area contributed by atoms with E-state index in [1.165, 1.54) is 13.8 Å². The zero-order valence-corrected chi connectivity index (χ0v) is 18.9. The maximum atomic E-state index is 14.5. The summed E-state index contributed by atoms with van der Waals surface area (Å²) in [5.41, 5.74) is -0.605. The Morgan fingerprint density at radius 2 is 2.21 bits per heavy atom. The number of ether oxygens (including phenoxy) is 1. The molecule has 0 spiro atoms. The lowest BCUT2D eigenvalue weighted by Gasteiger charge is -2.27. The van der Waals surface area contributed by atoms with Crippen molar-refractivity contribution in [1.82, 2.24) is 20.9 Å². The molecule has 2 aromatic rings. The van der Waals surface area contributed by atoms with Gasteiger partial charge in [-0.3, -0.25) is 14.9 Å². The molecule has 0 radical (unpaired) electrons. The number of aliphatic hydroxyl groups is 1. The highest BCUT2D eigenvalue weighted by molar-refractivity contribution is 5.87. The molecule has 2 amide bonds. The van der Waals surface area contributed by atoms with Gasteiger partial charge in [-0.05, 0) is 44.9 Å². The number of H-pyrrole nitrogens is 1. The average Bonchev–Trinajstić information content (AvgIpc) is 3.37. The van der Waals surface area contributed by atoms with Crippen LogP contribution in [-0.4, -0.2) is 53.3 Å². The fourth-order valence-corrected chi connectivity index (χ4v) is 4.04. The van der Waals surface area contributed by atoms with Gasteiger partial charge in [-0.1, -0.05) is 6.07 Å². The second-order valence-electron chi connectivity index (χ2n) is 8.89. The lowest BCUT2D eigenvalue weighted by atomic mass is 9.97. The van der Waals surface area contributed by atoms with Crippen molar-refractivity contribution in [2.24, 2.45) is 5.92 Å². The van der Waals surface area contributed by atoms with E-state index in [-0.39, 0.29) is 24.7 Å². The maximum Gasteiger partial charge on any atom is 0.238 e. The average molecular weight is 460 g/mol. The molecule has 1 aliphatic heterocycles. The molecule has 2 unspecified atom stereocenters. The molecule has 1 saturated heterocycles. The van der Waals surface area contributed by atoms with E-state index in [0.717, 1.165) is 10.9 Å². The third kappa shape index (κ3) is 6.21. The summed E-state index contributed by atoms with van der Waals surface area (Å²) in [4.78, 5) is 27.8. The normalized spacial score (nSPS) is 18.9. The number of aliphatic hydroxyl groups excluding tert-OH is 1. The number of nitrogens with zero attached hydrogens (tertiary/aromatic N) is 1. The number of nitrogens with one attached hydrogen (secondary N) is 4. The number of carbonyl (C=O) groups excluding carboxylic acids is 2. The maximum absolute atomic E-state index is 14.5. The Kier molecular flexibility index (Phi) is 7.56. The zero-order valence-electron chi connectivity index (χ0n) is 18.9. The minimum atomic E-state index is -1.72. The minimum Gasteiger partial charge on any atom is -0.496 e. The van der Waals surface area contributed by atoms with Crippen LogP contribution < -0.4 is 20.7 Å². The van der Waals surface area contributed by atoms with Crippen molar-refractivity contribution in [2.75, 3.05) is 13.7 Å². The summed E-state index contributed by atoms with van der Waals surface area (Å²) in [6, 6.07) is 7.06. The van der Waals surface area contributed by atoms with Gasteiger partial charge in [-0.15, -0.1) is 0 Å². The van der Waals surface area contributed by atoms with E-state index in [0.29, 0.717) is 24.4 Å². The van der Waals surface area contributed by atoms with Gasteiger partial charge in [0.2, 0.25) is 11.8 Å². The number of alkyl halides is 1. The third-order valence-electron chi connectivity index (χ3n) is 5.68. The van der Waals surface area contributed by atoms with Gasteiger partial charge >= 0.3 is 0 Å². The molecule has 1 aromatic carbocycles. The number of aromatic nitrogens is 1. The Morgan fingerprint density at radius 3 is 2.82 bits per heavy atom. The van der Waals surface area contributed by atoms with Gasteiger partial charge in [-0.2, -0.15) is 5.26 Å². The predicted octanol–water partition coefficient (Wildman–Crippen LogP) is 1.80. The zero-order chi connectivity index (χ0) is 24.2. The molecule has 0 aliphatic carbocycles. The van der Waals surface area contributed by atoms with E-state index in [4.69, 9.17) is 4.74 Å². The van der Waals surface area contributed by atoms with E-state index in [2.05, 4.69) is 20.9 Å². The number of methoxy groups -OCH3 is 1. The van der Waals surface area contributed by atoms with Gasteiger partial charge in [0.25, 0.3) is 0 Å². The van der Waals surface area contributed by atoms with Crippen molar-refractivity contribution >= 4 is 22.7 Å². The van der Waals surface area contributed by atoms with Crippen molar-refractivity contribution in [3.8, 4) is 11.8 Å². The van der Waals surface area contributed by atoms with Crippen LogP contribution in [0.25, 0.3) is 10.9 Å². The fraction of sp³-hybridized carbons (Fsp3) is 0.522. The van der Waals surface area contributed by atoms with Crippen LogP contribution in [0, 0.1) is 17.2 Å². The van der Waals surface area contributed by atoms with Crippen molar-refractivity contribution < 1.29 is 23.8 Å². The Bertz CT molecular complexity index is 1040. The van der Waals surface area contributed by atoms with Crippen LogP contribution in [0.1, 0.15) is 45.0 Å². The molecule has 33 heavy (non-hydrogen) atoms. The first-order valence-electron chi connectivity index (χ1n) is 10.9. The second kappa shape index (κ2) is 10.2. The summed E-state index contributed by atoms with van der Waals surface area (Å²) in [6.45, 7) is 3.21. The molecule has 1 aliphatic rings. The monoisotopic (exact) mass is 459 g/mol. The van der Waals surface area contributed by atoms with Crippen molar-refractivity contribution in [3.05, 3.63) is 30.0 Å². The molecular weight excluding hydrogens is 429 g/mol. The van der Waals surface area contributed by atoms with Gasteiger partial charge < -0.3 is 25.5 Å². The first-order valence-corrected chi connectivity index (χ1v) is 10.9. The molecule has 0 saturated carbocycles. The highest BCUT2D eigenvalue weighted by Crippen LogP contribution is 2.28. The van der Waals surface area contributed by atoms with Crippen LogP contribution in [0.4, 0.5) is 4.39 Å². The topological polar surface area (TPSA) is 139 Å². The second-order valence-corrected chi connectivity index (χ2v) is 8.89. The number of aromatic amines is 1. The van der Waals surface area contributed by atoms with E-state index in [1.807, 2.05) is 12.1 Å². The van der Waals surface area contributed by atoms with Gasteiger partial charge in [0.1, 0.15) is 23.7 Å². The highest BCUT2D eigenvalue weighted by atomic mass is 19.1.